The molecule has 0 saturated heterocycles. The lowest BCUT2D eigenvalue weighted by molar-refractivity contribution is 0.128. The van der Waals surface area contributed by atoms with E-state index in [0.29, 0.717) is 5.41 Å². The summed E-state index contributed by atoms with van der Waals surface area (Å²) in [6.45, 7) is 6.84. The van der Waals surface area contributed by atoms with Crippen molar-refractivity contribution < 1.29 is 4.42 Å². The van der Waals surface area contributed by atoms with Crippen LogP contribution in [0.5, 0.6) is 0 Å². The van der Waals surface area contributed by atoms with Gasteiger partial charge < -0.3 is 9.73 Å². The monoisotopic (exact) mass is 290 g/mol. The molecule has 3 heteroatoms. The lowest BCUT2D eigenvalue weighted by Gasteiger charge is -2.35. The van der Waals surface area contributed by atoms with E-state index in [4.69, 9.17) is 4.42 Å². The molecule has 2 aliphatic rings. The zero-order valence-electron chi connectivity index (χ0n) is 13.4. The van der Waals surface area contributed by atoms with Crippen LogP contribution in [0.1, 0.15) is 57.6 Å². The number of nitrogens with one attached hydrogen (secondary N) is 1. The van der Waals surface area contributed by atoms with Gasteiger partial charge in [-0.2, -0.15) is 0 Å². The van der Waals surface area contributed by atoms with Crippen LogP contribution >= 0.6 is 0 Å². The zero-order valence-corrected chi connectivity index (χ0v) is 13.4. The Kier molecular flexibility index (Phi) is 5.02. The number of hydrogen-bond acceptors (Lipinski definition) is 3. The van der Waals surface area contributed by atoms with Crippen molar-refractivity contribution >= 4 is 0 Å². The summed E-state index contributed by atoms with van der Waals surface area (Å²) in [5.41, 5.74) is 0.504. The summed E-state index contributed by atoms with van der Waals surface area (Å²) in [4.78, 5) is 2.69. The van der Waals surface area contributed by atoms with Crippen LogP contribution < -0.4 is 5.32 Å². The van der Waals surface area contributed by atoms with Gasteiger partial charge in [0.15, 0.2) is 0 Å². The van der Waals surface area contributed by atoms with Crippen molar-refractivity contribution in [3.63, 3.8) is 0 Å². The van der Waals surface area contributed by atoms with Crippen molar-refractivity contribution in [1.82, 2.24) is 10.2 Å². The van der Waals surface area contributed by atoms with Crippen molar-refractivity contribution in [2.45, 2.75) is 64.5 Å². The summed E-state index contributed by atoms with van der Waals surface area (Å²) in [5, 5.41) is 3.69. The number of rotatable bonds is 9. The standard InChI is InChI=1S/C18H30N2O/c1-2-11-19-14-18(9-3-4-10-18)15-20(16-7-8-16)13-17-6-5-12-21-17/h5-6,12,16,19H,2-4,7-11,13-15H2,1H3. The largest absolute Gasteiger partial charge is 0.468 e. The summed E-state index contributed by atoms with van der Waals surface area (Å²) in [7, 11) is 0. The Bertz CT molecular complexity index is 405. The lowest BCUT2D eigenvalue weighted by atomic mass is 9.85. The second-order valence-corrected chi connectivity index (χ2v) is 7.10. The molecule has 3 nitrogen and oxygen atoms in total. The molecule has 0 spiro atoms. The molecule has 1 aromatic rings. The Balaban J connectivity index is 1.61. The van der Waals surface area contributed by atoms with Crippen LogP contribution in [-0.2, 0) is 6.54 Å². The predicted molar refractivity (Wildman–Crippen MR) is 86.2 cm³/mol. The second kappa shape index (κ2) is 6.97. The average molecular weight is 290 g/mol. The summed E-state index contributed by atoms with van der Waals surface area (Å²) in [5.74, 6) is 1.12. The molecule has 0 aromatic carbocycles. The third kappa shape index (κ3) is 4.10. The van der Waals surface area contributed by atoms with Gasteiger partial charge in [0.2, 0.25) is 0 Å². The van der Waals surface area contributed by atoms with Gasteiger partial charge in [-0.3, -0.25) is 4.90 Å². The van der Waals surface area contributed by atoms with Gasteiger partial charge in [0, 0.05) is 19.1 Å². The maximum Gasteiger partial charge on any atom is 0.117 e. The van der Waals surface area contributed by atoms with Crippen LogP contribution in [0.15, 0.2) is 22.8 Å². The Hall–Kier alpha value is -0.800. The van der Waals surface area contributed by atoms with Gasteiger partial charge in [-0.1, -0.05) is 19.8 Å². The molecule has 1 N–H and O–H groups in total. The molecular formula is C18H30N2O. The summed E-state index contributed by atoms with van der Waals surface area (Å²) >= 11 is 0. The third-order valence-electron chi connectivity index (χ3n) is 5.13. The summed E-state index contributed by atoms with van der Waals surface area (Å²) in [6.07, 6.45) is 11.4. The van der Waals surface area contributed by atoms with Crippen molar-refractivity contribution in [2.24, 2.45) is 5.41 Å². The topological polar surface area (TPSA) is 28.4 Å². The quantitative estimate of drug-likeness (QED) is 0.701. The van der Waals surface area contributed by atoms with Gasteiger partial charge in [-0.25, -0.2) is 0 Å². The average Bonchev–Trinajstić information content (AvgIpc) is 3.02. The third-order valence-corrected chi connectivity index (χ3v) is 5.13. The molecule has 118 valence electrons. The van der Waals surface area contributed by atoms with E-state index in [1.54, 1.807) is 6.26 Å². The SMILES string of the molecule is CCCNCC1(CN(Cc2ccco2)C2CC2)CCCC1. The molecule has 0 unspecified atom stereocenters. The molecule has 2 fully saturated rings. The van der Waals surface area contributed by atoms with Crippen LogP contribution in [0, 0.1) is 5.41 Å². The zero-order chi connectivity index (χ0) is 14.5. The van der Waals surface area contributed by atoms with E-state index in [-0.39, 0.29) is 0 Å². The maximum atomic E-state index is 5.58. The van der Waals surface area contributed by atoms with E-state index in [1.165, 1.54) is 58.0 Å². The van der Waals surface area contributed by atoms with E-state index in [1.807, 2.05) is 6.07 Å². The smallest absolute Gasteiger partial charge is 0.117 e. The minimum absolute atomic E-state index is 0.504. The fourth-order valence-corrected chi connectivity index (χ4v) is 3.83. The molecule has 2 aliphatic carbocycles. The Morgan fingerprint density at radius 3 is 2.76 bits per heavy atom. The molecule has 0 bridgehead atoms. The van der Waals surface area contributed by atoms with Gasteiger partial charge in [0.1, 0.15) is 5.76 Å². The van der Waals surface area contributed by atoms with Crippen molar-refractivity contribution in [2.75, 3.05) is 19.6 Å². The fraction of sp³-hybridized carbons (Fsp3) is 0.778. The number of hydrogen-bond donors (Lipinski definition) is 1. The Morgan fingerprint density at radius 2 is 2.14 bits per heavy atom. The molecule has 0 atom stereocenters. The normalized spacial score (nSPS) is 21.2. The predicted octanol–water partition coefficient (Wildman–Crippen LogP) is 3.80. The van der Waals surface area contributed by atoms with Crippen LogP contribution in [0.2, 0.25) is 0 Å². The second-order valence-electron chi connectivity index (χ2n) is 7.10. The van der Waals surface area contributed by atoms with E-state index in [2.05, 4.69) is 23.2 Å². The molecule has 21 heavy (non-hydrogen) atoms. The van der Waals surface area contributed by atoms with Gasteiger partial charge in [0.25, 0.3) is 0 Å². The Labute approximate surface area is 129 Å². The summed E-state index contributed by atoms with van der Waals surface area (Å²) in [6, 6.07) is 4.93. The fourth-order valence-electron chi connectivity index (χ4n) is 3.83. The molecule has 1 heterocycles. The van der Waals surface area contributed by atoms with Crippen molar-refractivity contribution in [1.29, 1.82) is 0 Å². The number of furan rings is 1. The highest BCUT2D eigenvalue weighted by Crippen LogP contribution is 2.41. The first-order valence-corrected chi connectivity index (χ1v) is 8.78. The van der Waals surface area contributed by atoms with Gasteiger partial charge in [-0.15, -0.1) is 0 Å². The highest BCUT2D eigenvalue weighted by molar-refractivity contribution is 5.01. The van der Waals surface area contributed by atoms with Gasteiger partial charge in [0.05, 0.1) is 12.8 Å². The maximum absolute atomic E-state index is 5.58. The first kappa shape index (κ1) is 15.1. The van der Waals surface area contributed by atoms with Gasteiger partial charge >= 0.3 is 0 Å². The molecule has 0 radical (unpaired) electrons. The van der Waals surface area contributed by atoms with Crippen LogP contribution in [0.3, 0.4) is 0 Å². The minimum Gasteiger partial charge on any atom is -0.468 e. The molecule has 3 rings (SSSR count). The number of nitrogens with zero attached hydrogens (tertiary/aromatic N) is 1. The molecular weight excluding hydrogens is 260 g/mol. The minimum atomic E-state index is 0.504. The van der Waals surface area contributed by atoms with Crippen LogP contribution in [-0.4, -0.2) is 30.6 Å². The van der Waals surface area contributed by atoms with E-state index in [9.17, 15) is 0 Å². The first-order chi connectivity index (χ1) is 10.3. The van der Waals surface area contributed by atoms with E-state index < -0.39 is 0 Å². The Morgan fingerprint density at radius 1 is 1.33 bits per heavy atom. The highest BCUT2D eigenvalue weighted by Gasteiger charge is 2.39. The highest BCUT2D eigenvalue weighted by atomic mass is 16.3. The van der Waals surface area contributed by atoms with E-state index >= 15 is 0 Å². The molecule has 0 amide bonds. The summed E-state index contributed by atoms with van der Waals surface area (Å²) < 4.78 is 5.58. The van der Waals surface area contributed by atoms with Crippen LogP contribution in [0.25, 0.3) is 0 Å². The lowest BCUT2D eigenvalue weighted by Crippen LogP contribution is -2.43. The molecule has 1 aromatic heterocycles. The molecule has 0 aliphatic heterocycles. The van der Waals surface area contributed by atoms with Crippen LogP contribution in [0.4, 0.5) is 0 Å². The first-order valence-electron chi connectivity index (χ1n) is 8.78. The van der Waals surface area contributed by atoms with Crippen molar-refractivity contribution in [3.05, 3.63) is 24.2 Å². The van der Waals surface area contributed by atoms with Crippen molar-refractivity contribution in [3.8, 4) is 0 Å². The van der Waals surface area contributed by atoms with Gasteiger partial charge in [-0.05, 0) is 56.2 Å². The molecule has 2 saturated carbocycles. The van der Waals surface area contributed by atoms with E-state index in [0.717, 1.165) is 24.9 Å².